The third-order valence-electron chi connectivity index (χ3n) is 3.15. The number of aryl methyl sites for hydroxylation is 1. The van der Waals surface area contributed by atoms with Crippen molar-refractivity contribution < 1.29 is 0 Å². The number of nitrogens with one attached hydrogen (secondary N) is 1. The van der Waals surface area contributed by atoms with Gasteiger partial charge in [-0.3, -0.25) is 0 Å². The molecule has 2 aromatic carbocycles. The summed E-state index contributed by atoms with van der Waals surface area (Å²) in [7, 11) is 0. The summed E-state index contributed by atoms with van der Waals surface area (Å²) in [4.78, 5) is 0. The van der Waals surface area contributed by atoms with E-state index in [1.807, 2.05) is 18.2 Å². The van der Waals surface area contributed by atoms with E-state index in [1.165, 1.54) is 11.1 Å². The SMILES string of the molecule is Cc1ccc(CNc2cnnc3ccccc23)cc1. The van der Waals surface area contributed by atoms with Crippen LogP contribution < -0.4 is 5.32 Å². The van der Waals surface area contributed by atoms with Gasteiger partial charge in [-0.2, -0.15) is 10.2 Å². The maximum atomic E-state index is 4.12. The highest BCUT2D eigenvalue weighted by Gasteiger charge is 2.01. The molecule has 0 unspecified atom stereocenters. The zero-order valence-electron chi connectivity index (χ0n) is 10.8. The topological polar surface area (TPSA) is 37.8 Å². The highest BCUT2D eigenvalue weighted by Crippen LogP contribution is 2.20. The van der Waals surface area contributed by atoms with Crippen molar-refractivity contribution >= 4 is 16.6 Å². The first-order valence-corrected chi connectivity index (χ1v) is 6.33. The lowest BCUT2D eigenvalue weighted by Crippen LogP contribution is -2.01. The van der Waals surface area contributed by atoms with E-state index in [4.69, 9.17) is 0 Å². The summed E-state index contributed by atoms with van der Waals surface area (Å²) >= 11 is 0. The summed E-state index contributed by atoms with van der Waals surface area (Å²) in [5.74, 6) is 0. The van der Waals surface area contributed by atoms with Gasteiger partial charge in [-0.15, -0.1) is 0 Å². The van der Waals surface area contributed by atoms with E-state index in [-0.39, 0.29) is 0 Å². The number of benzene rings is 2. The minimum atomic E-state index is 0.788. The van der Waals surface area contributed by atoms with Gasteiger partial charge >= 0.3 is 0 Å². The highest BCUT2D eigenvalue weighted by molar-refractivity contribution is 5.90. The maximum absolute atomic E-state index is 4.12. The fourth-order valence-electron chi connectivity index (χ4n) is 2.05. The van der Waals surface area contributed by atoms with Crippen molar-refractivity contribution in [3.8, 4) is 0 Å². The second-order valence-corrected chi connectivity index (χ2v) is 4.61. The molecule has 0 aliphatic carbocycles. The molecule has 0 aliphatic rings. The molecule has 0 amide bonds. The summed E-state index contributed by atoms with van der Waals surface area (Å²) in [6, 6.07) is 16.5. The van der Waals surface area contributed by atoms with Crippen molar-refractivity contribution in [3.63, 3.8) is 0 Å². The molecule has 1 N–H and O–H groups in total. The van der Waals surface area contributed by atoms with Crippen LogP contribution in [0.4, 0.5) is 5.69 Å². The number of rotatable bonds is 3. The molecule has 94 valence electrons. The number of aromatic nitrogens is 2. The standard InChI is InChI=1S/C16H15N3/c1-12-6-8-13(9-7-12)10-17-16-11-18-19-15-5-3-2-4-14(15)16/h2-9,11H,10H2,1H3,(H,17,19). The fourth-order valence-corrected chi connectivity index (χ4v) is 2.05. The number of anilines is 1. The Balaban J connectivity index is 1.84. The van der Waals surface area contributed by atoms with Crippen molar-refractivity contribution in [2.24, 2.45) is 0 Å². The van der Waals surface area contributed by atoms with Gasteiger partial charge in [0.25, 0.3) is 0 Å². The average molecular weight is 249 g/mol. The molecule has 3 rings (SSSR count). The fraction of sp³-hybridized carbons (Fsp3) is 0.125. The Labute approximate surface area is 112 Å². The van der Waals surface area contributed by atoms with E-state index in [1.54, 1.807) is 6.20 Å². The molecular formula is C16H15N3. The van der Waals surface area contributed by atoms with Gasteiger partial charge in [-0.25, -0.2) is 0 Å². The average Bonchev–Trinajstić information content (AvgIpc) is 2.47. The molecule has 0 spiro atoms. The van der Waals surface area contributed by atoms with E-state index in [0.717, 1.165) is 23.1 Å². The van der Waals surface area contributed by atoms with Crippen molar-refractivity contribution in [3.05, 3.63) is 65.9 Å². The van der Waals surface area contributed by atoms with Gasteiger partial charge in [0.05, 0.1) is 17.4 Å². The highest BCUT2D eigenvalue weighted by atomic mass is 15.1. The van der Waals surface area contributed by atoms with Crippen LogP contribution in [0.1, 0.15) is 11.1 Å². The maximum Gasteiger partial charge on any atom is 0.0950 e. The Morgan fingerprint density at radius 2 is 1.79 bits per heavy atom. The van der Waals surface area contributed by atoms with Crippen molar-refractivity contribution in [1.29, 1.82) is 0 Å². The van der Waals surface area contributed by atoms with Crippen LogP contribution in [0, 0.1) is 6.92 Å². The van der Waals surface area contributed by atoms with Crippen LogP contribution in [-0.2, 0) is 6.54 Å². The molecule has 0 saturated carbocycles. The zero-order valence-corrected chi connectivity index (χ0v) is 10.8. The Hall–Kier alpha value is -2.42. The molecule has 1 aromatic heterocycles. The van der Waals surface area contributed by atoms with Gasteiger partial charge in [-0.05, 0) is 18.6 Å². The van der Waals surface area contributed by atoms with Gasteiger partial charge in [0.2, 0.25) is 0 Å². The summed E-state index contributed by atoms with van der Waals surface area (Å²) in [5, 5.41) is 12.7. The van der Waals surface area contributed by atoms with Crippen LogP contribution in [0.15, 0.2) is 54.7 Å². The van der Waals surface area contributed by atoms with E-state index >= 15 is 0 Å². The van der Waals surface area contributed by atoms with Crippen LogP contribution in [0.25, 0.3) is 10.9 Å². The summed E-state index contributed by atoms with van der Waals surface area (Å²) in [6.07, 6.45) is 1.77. The minimum absolute atomic E-state index is 0.788. The van der Waals surface area contributed by atoms with Gasteiger partial charge in [0.1, 0.15) is 0 Å². The quantitative estimate of drug-likeness (QED) is 0.771. The lowest BCUT2D eigenvalue weighted by Gasteiger charge is -2.08. The number of nitrogens with zero attached hydrogens (tertiary/aromatic N) is 2. The molecule has 0 saturated heterocycles. The van der Waals surface area contributed by atoms with Crippen LogP contribution in [0.5, 0.6) is 0 Å². The number of hydrogen-bond donors (Lipinski definition) is 1. The minimum Gasteiger partial charge on any atom is -0.379 e. The van der Waals surface area contributed by atoms with Crippen LogP contribution in [-0.4, -0.2) is 10.2 Å². The van der Waals surface area contributed by atoms with Gasteiger partial charge < -0.3 is 5.32 Å². The zero-order chi connectivity index (χ0) is 13.1. The second kappa shape index (κ2) is 5.06. The van der Waals surface area contributed by atoms with E-state index in [2.05, 4.69) is 52.8 Å². The summed E-state index contributed by atoms with van der Waals surface area (Å²) < 4.78 is 0. The van der Waals surface area contributed by atoms with Gasteiger partial charge in [-0.1, -0.05) is 48.0 Å². The van der Waals surface area contributed by atoms with E-state index < -0.39 is 0 Å². The normalized spacial score (nSPS) is 10.6. The first-order chi connectivity index (χ1) is 9.33. The van der Waals surface area contributed by atoms with Crippen molar-refractivity contribution in [1.82, 2.24) is 10.2 Å². The Morgan fingerprint density at radius 1 is 1.00 bits per heavy atom. The lowest BCUT2D eigenvalue weighted by molar-refractivity contribution is 1.06. The molecule has 0 atom stereocenters. The smallest absolute Gasteiger partial charge is 0.0950 e. The molecule has 0 bridgehead atoms. The molecule has 3 aromatic rings. The third-order valence-corrected chi connectivity index (χ3v) is 3.15. The first kappa shape index (κ1) is 11.7. The molecule has 3 heteroatoms. The largest absolute Gasteiger partial charge is 0.379 e. The molecule has 19 heavy (non-hydrogen) atoms. The molecule has 0 aliphatic heterocycles. The second-order valence-electron chi connectivity index (χ2n) is 4.61. The summed E-state index contributed by atoms with van der Waals surface area (Å²) in [6.45, 7) is 2.88. The Morgan fingerprint density at radius 3 is 2.63 bits per heavy atom. The van der Waals surface area contributed by atoms with Crippen LogP contribution in [0.3, 0.4) is 0 Å². The Kier molecular flexibility index (Phi) is 3.11. The Bertz CT molecular complexity index is 684. The molecule has 1 heterocycles. The van der Waals surface area contributed by atoms with E-state index in [9.17, 15) is 0 Å². The van der Waals surface area contributed by atoms with Crippen LogP contribution in [0.2, 0.25) is 0 Å². The van der Waals surface area contributed by atoms with Gasteiger partial charge in [0.15, 0.2) is 0 Å². The van der Waals surface area contributed by atoms with Gasteiger partial charge in [0, 0.05) is 11.9 Å². The summed E-state index contributed by atoms with van der Waals surface area (Å²) in [5.41, 5.74) is 4.47. The van der Waals surface area contributed by atoms with Crippen LogP contribution >= 0.6 is 0 Å². The first-order valence-electron chi connectivity index (χ1n) is 6.33. The number of fused-ring (bicyclic) bond motifs is 1. The molecule has 0 fully saturated rings. The van der Waals surface area contributed by atoms with Crippen molar-refractivity contribution in [2.75, 3.05) is 5.32 Å². The molecule has 0 radical (unpaired) electrons. The number of hydrogen-bond acceptors (Lipinski definition) is 3. The molecule has 3 nitrogen and oxygen atoms in total. The van der Waals surface area contributed by atoms with Crippen molar-refractivity contribution in [2.45, 2.75) is 13.5 Å². The predicted molar refractivity (Wildman–Crippen MR) is 78.0 cm³/mol. The molecular weight excluding hydrogens is 234 g/mol. The third kappa shape index (κ3) is 2.55. The van der Waals surface area contributed by atoms with E-state index in [0.29, 0.717) is 0 Å². The monoisotopic (exact) mass is 249 g/mol. The lowest BCUT2D eigenvalue weighted by atomic mass is 10.1. The predicted octanol–water partition coefficient (Wildman–Crippen LogP) is 3.55.